The van der Waals surface area contributed by atoms with Gasteiger partial charge in [-0.15, -0.1) is 0 Å². The van der Waals surface area contributed by atoms with Crippen LogP contribution in [0.4, 0.5) is 13.6 Å². The van der Waals surface area contributed by atoms with Crippen molar-refractivity contribution < 1.29 is 28.2 Å². The number of hydrogen-bond acceptors (Lipinski definition) is 3. The van der Waals surface area contributed by atoms with Gasteiger partial charge in [0.15, 0.2) is 0 Å². The Morgan fingerprint density at radius 2 is 1.73 bits per heavy atom. The molecule has 1 aliphatic heterocycles. The van der Waals surface area contributed by atoms with E-state index in [1.165, 1.54) is 4.90 Å². The Hall–Kier alpha value is -1.40. The predicted octanol–water partition coefficient (Wildman–Crippen LogP) is 3.28. The molecular formula is C15H23F2NO4. The Balaban J connectivity index is 2.13. The Morgan fingerprint density at radius 1 is 1.18 bits per heavy atom. The number of ether oxygens (including phenoxy) is 1. The maximum absolute atomic E-state index is 13.4. The van der Waals surface area contributed by atoms with E-state index in [0.29, 0.717) is 0 Å². The minimum Gasteiger partial charge on any atom is -0.480 e. The second kappa shape index (κ2) is 5.35. The highest BCUT2D eigenvalue weighted by Gasteiger charge is 2.53. The van der Waals surface area contributed by atoms with Crippen molar-refractivity contribution >= 4 is 12.1 Å². The van der Waals surface area contributed by atoms with E-state index in [2.05, 4.69) is 0 Å². The number of hydrogen-bond donors (Lipinski definition) is 1. The number of carboxylic acid groups (broad SMARTS) is 1. The third kappa shape index (κ3) is 3.67. The van der Waals surface area contributed by atoms with E-state index >= 15 is 0 Å². The molecule has 2 fully saturated rings. The smallest absolute Gasteiger partial charge is 0.411 e. The molecule has 1 saturated heterocycles. The topological polar surface area (TPSA) is 66.8 Å². The first-order valence-electron chi connectivity index (χ1n) is 7.53. The van der Waals surface area contributed by atoms with E-state index in [1.807, 2.05) is 0 Å². The molecule has 0 aromatic heterocycles. The van der Waals surface area contributed by atoms with Crippen LogP contribution in [0.15, 0.2) is 0 Å². The Bertz CT molecular complexity index is 463. The second-order valence-corrected chi connectivity index (χ2v) is 7.52. The van der Waals surface area contributed by atoms with Crippen LogP contribution in [0.2, 0.25) is 0 Å². The number of likely N-dealkylation sites (tertiary alicyclic amines) is 1. The molecule has 1 spiro atoms. The molecule has 0 aromatic carbocycles. The zero-order valence-corrected chi connectivity index (χ0v) is 13.2. The van der Waals surface area contributed by atoms with Crippen molar-refractivity contribution in [1.29, 1.82) is 0 Å². The molecule has 126 valence electrons. The number of amides is 1. The molecule has 1 N–H and O–H groups in total. The molecule has 1 aliphatic carbocycles. The number of nitrogens with zero attached hydrogens (tertiary/aromatic N) is 1. The summed E-state index contributed by atoms with van der Waals surface area (Å²) in [6.07, 6.45) is -0.485. The van der Waals surface area contributed by atoms with Crippen LogP contribution in [0, 0.1) is 5.41 Å². The molecule has 5 nitrogen and oxygen atoms in total. The summed E-state index contributed by atoms with van der Waals surface area (Å²) in [5, 5.41) is 9.35. The summed E-state index contributed by atoms with van der Waals surface area (Å²) in [5.74, 6) is -3.79. The minimum atomic E-state index is -2.68. The first-order valence-corrected chi connectivity index (χ1v) is 7.53. The number of alkyl halides is 2. The van der Waals surface area contributed by atoms with Gasteiger partial charge in [-0.3, -0.25) is 4.90 Å². The van der Waals surface area contributed by atoms with Crippen LogP contribution in [0.5, 0.6) is 0 Å². The van der Waals surface area contributed by atoms with Crippen molar-refractivity contribution in [3.05, 3.63) is 0 Å². The van der Waals surface area contributed by atoms with E-state index in [9.17, 15) is 23.5 Å². The van der Waals surface area contributed by atoms with Gasteiger partial charge in [-0.25, -0.2) is 18.4 Å². The van der Waals surface area contributed by atoms with Gasteiger partial charge in [-0.2, -0.15) is 0 Å². The fourth-order valence-corrected chi connectivity index (χ4v) is 3.30. The zero-order valence-electron chi connectivity index (χ0n) is 13.2. The van der Waals surface area contributed by atoms with E-state index in [0.717, 1.165) is 0 Å². The van der Waals surface area contributed by atoms with Gasteiger partial charge in [0.2, 0.25) is 5.92 Å². The summed E-state index contributed by atoms with van der Waals surface area (Å²) in [5.41, 5.74) is -1.25. The molecule has 2 aliphatic rings. The summed E-state index contributed by atoms with van der Waals surface area (Å²) in [6.45, 7) is 5.28. The monoisotopic (exact) mass is 319 g/mol. The molecule has 2 rings (SSSR count). The Labute approximate surface area is 128 Å². The standard InChI is InChI=1S/C15H23F2NO4/c1-13(2,3)22-12(21)18-9-14(8-10(18)11(19)20)4-6-15(16,17)7-5-14/h10H,4-9H2,1-3H3,(H,19,20). The minimum absolute atomic E-state index is 0.176. The Kier molecular flexibility index (Phi) is 4.13. The average Bonchev–Trinajstić information content (AvgIpc) is 2.72. The van der Waals surface area contributed by atoms with E-state index < -0.39 is 35.0 Å². The molecular weight excluding hydrogens is 296 g/mol. The maximum Gasteiger partial charge on any atom is 0.411 e. The third-order valence-electron chi connectivity index (χ3n) is 4.46. The Morgan fingerprint density at radius 3 is 2.18 bits per heavy atom. The van der Waals surface area contributed by atoms with Gasteiger partial charge in [0, 0.05) is 19.4 Å². The average molecular weight is 319 g/mol. The van der Waals surface area contributed by atoms with Crippen molar-refractivity contribution in [2.45, 2.75) is 70.4 Å². The largest absolute Gasteiger partial charge is 0.480 e. The number of carbonyl (C=O) groups excluding carboxylic acids is 1. The van der Waals surface area contributed by atoms with Crippen molar-refractivity contribution in [2.24, 2.45) is 5.41 Å². The van der Waals surface area contributed by atoms with E-state index in [1.54, 1.807) is 20.8 Å². The number of carboxylic acids is 1. The van der Waals surface area contributed by atoms with Gasteiger partial charge in [-0.1, -0.05) is 0 Å². The quantitative estimate of drug-likeness (QED) is 0.805. The third-order valence-corrected chi connectivity index (χ3v) is 4.46. The zero-order chi connectivity index (χ0) is 16.8. The summed E-state index contributed by atoms with van der Waals surface area (Å²) >= 11 is 0. The van der Waals surface area contributed by atoms with Crippen LogP contribution in [-0.2, 0) is 9.53 Å². The van der Waals surface area contributed by atoms with Gasteiger partial charge in [0.1, 0.15) is 11.6 Å². The molecule has 22 heavy (non-hydrogen) atoms. The number of rotatable bonds is 1. The highest BCUT2D eigenvalue weighted by Crippen LogP contribution is 2.50. The van der Waals surface area contributed by atoms with E-state index in [4.69, 9.17) is 4.74 Å². The molecule has 0 aromatic rings. The van der Waals surface area contributed by atoms with Crippen molar-refractivity contribution in [3.63, 3.8) is 0 Å². The molecule has 0 radical (unpaired) electrons. The number of halogens is 2. The van der Waals surface area contributed by atoms with Crippen molar-refractivity contribution in [1.82, 2.24) is 4.90 Å². The van der Waals surface area contributed by atoms with Crippen molar-refractivity contribution in [3.8, 4) is 0 Å². The fourth-order valence-electron chi connectivity index (χ4n) is 3.30. The lowest BCUT2D eigenvalue weighted by Gasteiger charge is -2.36. The SMILES string of the molecule is CC(C)(C)OC(=O)N1CC2(CCC(F)(F)CC2)CC1C(=O)O. The lowest BCUT2D eigenvalue weighted by Crippen LogP contribution is -2.44. The summed E-state index contributed by atoms with van der Waals surface area (Å²) in [6, 6.07) is -0.999. The highest BCUT2D eigenvalue weighted by molar-refractivity contribution is 5.81. The first-order chi connectivity index (χ1) is 9.93. The van der Waals surface area contributed by atoms with Gasteiger partial charge < -0.3 is 9.84 Å². The number of carbonyl (C=O) groups is 2. The maximum atomic E-state index is 13.4. The van der Waals surface area contributed by atoms with Crippen LogP contribution in [0.3, 0.4) is 0 Å². The van der Waals surface area contributed by atoms with Gasteiger partial charge in [-0.05, 0) is 45.4 Å². The van der Waals surface area contributed by atoms with Gasteiger partial charge in [0.25, 0.3) is 0 Å². The van der Waals surface area contributed by atoms with Crippen molar-refractivity contribution in [2.75, 3.05) is 6.54 Å². The molecule has 1 heterocycles. The van der Waals surface area contributed by atoms with Crippen LogP contribution in [-0.4, -0.2) is 46.2 Å². The molecule has 0 bridgehead atoms. The van der Waals surface area contributed by atoms with Crippen LogP contribution in [0.1, 0.15) is 52.9 Å². The van der Waals surface area contributed by atoms with Crippen LogP contribution < -0.4 is 0 Å². The molecule has 1 saturated carbocycles. The summed E-state index contributed by atoms with van der Waals surface area (Å²) in [4.78, 5) is 24.9. The van der Waals surface area contributed by atoms with E-state index in [-0.39, 0.29) is 38.6 Å². The highest BCUT2D eigenvalue weighted by atomic mass is 19.3. The normalized spacial score (nSPS) is 27.0. The van der Waals surface area contributed by atoms with Gasteiger partial charge in [0.05, 0.1) is 0 Å². The number of aliphatic carboxylic acids is 1. The van der Waals surface area contributed by atoms with Crippen LogP contribution in [0.25, 0.3) is 0 Å². The summed E-state index contributed by atoms with van der Waals surface area (Å²) in [7, 11) is 0. The van der Waals surface area contributed by atoms with Crippen LogP contribution >= 0.6 is 0 Å². The summed E-state index contributed by atoms with van der Waals surface area (Å²) < 4.78 is 32.0. The van der Waals surface area contributed by atoms with Gasteiger partial charge >= 0.3 is 12.1 Å². The lowest BCUT2D eigenvalue weighted by atomic mass is 9.71. The molecule has 1 unspecified atom stereocenters. The molecule has 1 atom stereocenters. The fraction of sp³-hybridized carbons (Fsp3) is 0.867. The molecule has 7 heteroatoms. The molecule has 1 amide bonds. The first kappa shape index (κ1) is 17.0. The lowest BCUT2D eigenvalue weighted by molar-refractivity contribution is -0.142. The second-order valence-electron chi connectivity index (χ2n) is 7.52. The predicted molar refractivity (Wildman–Crippen MR) is 74.8 cm³/mol.